The van der Waals surface area contributed by atoms with Gasteiger partial charge in [0.25, 0.3) is 0 Å². The van der Waals surface area contributed by atoms with Crippen molar-refractivity contribution >= 4 is 17.6 Å². The molecule has 4 rings (SSSR count). The summed E-state index contributed by atoms with van der Waals surface area (Å²) in [5.41, 5.74) is 2.11. The van der Waals surface area contributed by atoms with Crippen molar-refractivity contribution in [2.24, 2.45) is 0 Å². The highest BCUT2D eigenvalue weighted by molar-refractivity contribution is 6.31. The summed E-state index contributed by atoms with van der Waals surface area (Å²) in [6, 6.07) is 12.8. The molecular weight excluding hydrogens is 478 g/mol. The molecule has 0 bridgehead atoms. The Bertz CT molecular complexity index is 1170. The van der Waals surface area contributed by atoms with Gasteiger partial charge in [-0.3, -0.25) is 0 Å². The van der Waals surface area contributed by atoms with Crippen molar-refractivity contribution in [1.29, 1.82) is 0 Å². The van der Waals surface area contributed by atoms with Gasteiger partial charge in [0, 0.05) is 5.02 Å². The number of hydrogen-bond acceptors (Lipinski definition) is 8. The Morgan fingerprint density at radius 1 is 1.11 bits per heavy atom. The Morgan fingerprint density at radius 3 is 2.51 bits per heavy atom. The molecule has 2 heterocycles. The van der Waals surface area contributed by atoms with E-state index in [1.807, 2.05) is 31.2 Å². The van der Waals surface area contributed by atoms with E-state index in [0.29, 0.717) is 23.6 Å². The molecule has 1 fully saturated rings. The molecule has 0 spiro atoms. The van der Waals surface area contributed by atoms with Crippen LogP contribution in [0.5, 0.6) is 5.75 Å². The number of aromatic carboxylic acids is 1. The summed E-state index contributed by atoms with van der Waals surface area (Å²) in [6.45, 7) is 2.42. The van der Waals surface area contributed by atoms with Crippen molar-refractivity contribution in [3.8, 4) is 5.75 Å². The zero-order chi connectivity index (χ0) is 25.1. The number of aliphatic hydroxyl groups is 3. The second-order valence-electron chi connectivity index (χ2n) is 8.30. The van der Waals surface area contributed by atoms with Gasteiger partial charge in [0.1, 0.15) is 36.3 Å². The third-order valence-corrected chi connectivity index (χ3v) is 6.23. The second-order valence-corrected chi connectivity index (χ2v) is 8.71. The highest BCUT2D eigenvalue weighted by atomic mass is 35.5. The molecule has 0 radical (unpaired) electrons. The third kappa shape index (κ3) is 5.63. The number of carboxylic acid groups (broad SMARTS) is 1. The average Bonchev–Trinajstić information content (AvgIpc) is 3.31. The zero-order valence-corrected chi connectivity index (χ0v) is 19.6. The molecule has 1 saturated heterocycles. The summed E-state index contributed by atoms with van der Waals surface area (Å²) in [5, 5.41) is 48.4. The number of ether oxygens (including phenoxy) is 2. The lowest BCUT2D eigenvalue weighted by Crippen LogP contribution is -2.55. The highest BCUT2D eigenvalue weighted by Gasteiger charge is 2.44. The van der Waals surface area contributed by atoms with Gasteiger partial charge in [-0.05, 0) is 48.2 Å². The van der Waals surface area contributed by atoms with Gasteiger partial charge in [-0.15, -0.1) is 5.10 Å². The number of aliphatic hydroxyl groups excluding tert-OH is 3. The Labute approximate surface area is 206 Å². The molecule has 1 aliphatic heterocycles. The number of nitrogens with zero attached hydrogens (tertiary/aromatic N) is 3. The van der Waals surface area contributed by atoms with Crippen LogP contribution in [-0.2, 0) is 17.7 Å². The number of aromatic nitrogens is 3. The van der Waals surface area contributed by atoms with Gasteiger partial charge in [0.2, 0.25) is 0 Å². The molecule has 10 nitrogen and oxygen atoms in total. The molecule has 35 heavy (non-hydrogen) atoms. The maximum Gasteiger partial charge on any atom is 0.358 e. The first-order valence-electron chi connectivity index (χ1n) is 11.1. The van der Waals surface area contributed by atoms with E-state index >= 15 is 0 Å². The standard InChI is InChI=1S/C24H26ClN3O7/c1-2-34-16-6-3-13(4-7-16)9-15-10-14(5-8-17(15)25)23-22(31)21(30)20(29)19(35-23)12-28-11-18(24(32)33)26-27-28/h3-8,10-11,19-23,29-31H,2,9,12H2,1H3,(H,32,33)/t19-,20-,21+,22-,23+/m1/s1. The normalized spacial score (nSPS) is 24.3. The Morgan fingerprint density at radius 2 is 1.86 bits per heavy atom. The lowest BCUT2D eigenvalue weighted by molar-refractivity contribution is -0.228. The van der Waals surface area contributed by atoms with E-state index in [2.05, 4.69) is 10.3 Å². The van der Waals surface area contributed by atoms with Gasteiger partial charge in [-0.1, -0.05) is 41.1 Å². The summed E-state index contributed by atoms with van der Waals surface area (Å²) < 4.78 is 12.7. The molecule has 1 aliphatic rings. The molecule has 1 aromatic heterocycles. The van der Waals surface area contributed by atoms with Crippen molar-refractivity contribution in [1.82, 2.24) is 15.0 Å². The Hall–Kier alpha value is -3.02. The van der Waals surface area contributed by atoms with E-state index in [1.54, 1.807) is 18.2 Å². The lowest BCUT2D eigenvalue weighted by Gasteiger charge is -2.41. The third-order valence-electron chi connectivity index (χ3n) is 5.86. The fraction of sp³-hybridized carbons (Fsp3) is 0.375. The van der Waals surface area contributed by atoms with Crippen molar-refractivity contribution in [3.63, 3.8) is 0 Å². The van der Waals surface area contributed by atoms with Crippen LogP contribution in [0, 0.1) is 0 Å². The highest BCUT2D eigenvalue weighted by Crippen LogP contribution is 2.35. The zero-order valence-electron chi connectivity index (χ0n) is 18.9. The molecule has 11 heteroatoms. The molecule has 0 amide bonds. The van der Waals surface area contributed by atoms with Crippen molar-refractivity contribution in [3.05, 3.63) is 76.1 Å². The van der Waals surface area contributed by atoms with Crippen LogP contribution in [0.25, 0.3) is 0 Å². The number of carboxylic acids is 1. The lowest BCUT2D eigenvalue weighted by atomic mass is 9.90. The van der Waals surface area contributed by atoms with E-state index in [0.717, 1.165) is 16.9 Å². The molecule has 0 unspecified atom stereocenters. The van der Waals surface area contributed by atoms with Crippen molar-refractivity contribution < 1.29 is 34.7 Å². The predicted octanol–water partition coefficient (Wildman–Crippen LogP) is 1.84. The smallest absolute Gasteiger partial charge is 0.358 e. The number of halogens is 1. The van der Waals surface area contributed by atoms with E-state index in [1.165, 1.54) is 10.9 Å². The first-order valence-corrected chi connectivity index (χ1v) is 11.5. The van der Waals surface area contributed by atoms with Crippen LogP contribution in [-0.4, -0.2) is 72.4 Å². The number of rotatable bonds is 8. The van der Waals surface area contributed by atoms with Gasteiger partial charge in [-0.2, -0.15) is 0 Å². The quantitative estimate of drug-likeness (QED) is 0.361. The van der Waals surface area contributed by atoms with Gasteiger partial charge < -0.3 is 29.9 Å². The van der Waals surface area contributed by atoms with Crippen LogP contribution < -0.4 is 4.74 Å². The number of hydrogen-bond donors (Lipinski definition) is 4. The maximum atomic E-state index is 11.1. The van der Waals surface area contributed by atoms with Crippen molar-refractivity contribution in [2.45, 2.75) is 50.4 Å². The van der Waals surface area contributed by atoms with Gasteiger partial charge >= 0.3 is 5.97 Å². The molecule has 186 valence electrons. The van der Waals surface area contributed by atoms with Gasteiger partial charge in [-0.25, -0.2) is 9.48 Å². The fourth-order valence-corrected chi connectivity index (χ4v) is 4.23. The van der Waals surface area contributed by atoms with E-state index in [-0.39, 0.29) is 12.2 Å². The number of carbonyl (C=O) groups is 1. The SMILES string of the molecule is CCOc1ccc(Cc2cc([C@@H]3O[C@H](Cn4cc(C(=O)O)nn4)[C@@H](O)[C@H](O)[C@H]3O)ccc2Cl)cc1. The Kier molecular flexibility index (Phi) is 7.68. The van der Waals surface area contributed by atoms with Crippen LogP contribution in [0.3, 0.4) is 0 Å². The molecule has 0 aliphatic carbocycles. The molecule has 3 aromatic rings. The molecule has 5 atom stereocenters. The molecule has 4 N–H and O–H groups in total. The van der Waals surface area contributed by atoms with Crippen LogP contribution in [0.4, 0.5) is 0 Å². The van der Waals surface area contributed by atoms with Crippen LogP contribution in [0.2, 0.25) is 5.02 Å². The maximum absolute atomic E-state index is 11.1. The van der Waals surface area contributed by atoms with Gasteiger partial charge in [0.15, 0.2) is 5.69 Å². The summed E-state index contributed by atoms with van der Waals surface area (Å²) in [6.07, 6.45) is -4.54. The summed E-state index contributed by atoms with van der Waals surface area (Å²) >= 11 is 6.43. The van der Waals surface area contributed by atoms with Crippen LogP contribution in [0.15, 0.2) is 48.7 Å². The first-order chi connectivity index (χ1) is 16.8. The first kappa shape index (κ1) is 25.1. The Balaban J connectivity index is 1.54. The van der Waals surface area contributed by atoms with E-state index in [4.69, 9.17) is 26.2 Å². The second kappa shape index (κ2) is 10.7. The van der Waals surface area contributed by atoms with E-state index < -0.39 is 36.5 Å². The van der Waals surface area contributed by atoms with Crippen molar-refractivity contribution in [2.75, 3.05) is 6.61 Å². The molecule has 2 aromatic carbocycles. The minimum Gasteiger partial charge on any atom is -0.494 e. The monoisotopic (exact) mass is 503 g/mol. The van der Waals surface area contributed by atoms with E-state index in [9.17, 15) is 20.1 Å². The largest absolute Gasteiger partial charge is 0.494 e. The van der Waals surface area contributed by atoms with Crippen LogP contribution >= 0.6 is 11.6 Å². The summed E-state index contributed by atoms with van der Waals surface area (Å²) in [5.74, 6) is -0.466. The minimum absolute atomic E-state index is 0.0750. The van der Waals surface area contributed by atoms with Gasteiger partial charge in [0.05, 0.1) is 19.3 Å². The van der Waals surface area contributed by atoms with Crippen LogP contribution in [0.1, 0.15) is 40.2 Å². The minimum atomic E-state index is -1.49. The summed E-state index contributed by atoms with van der Waals surface area (Å²) in [7, 11) is 0. The average molecular weight is 504 g/mol. The number of benzene rings is 2. The topological polar surface area (TPSA) is 147 Å². The molecule has 0 saturated carbocycles. The summed E-state index contributed by atoms with van der Waals surface area (Å²) in [4.78, 5) is 11.1. The predicted molar refractivity (Wildman–Crippen MR) is 124 cm³/mol. The fourth-order valence-electron chi connectivity index (χ4n) is 4.04. The molecular formula is C24H26ClN3O7.